The van der Waals surface area contributed by atoms with Crippen LogP contribution in [-0.4, -0.2) is 9.97 Å². The summed E-state index contributed by atoms with van der Waals surface area (Å²) in [7, 11) is 0. The molecule has 0 aliphatic heterocycles. The van der Waals surface area contributed by atoms with Crippen LogP contribution >= 0.6 is 11.6 Å². The average Bonchev–Trinajstić information content (AvgIpc) is 2.34. The lowest BCUT2D eigenvalue weighted by Crippen LogP contribution is -2.00. The number of benzene rings is 1. The highest BCUT2D eigenvalue weighted by atomic mass is 35.5. The molecule has 0 N–H and O–H groups in total. The van der Waals surface area contributed by atoms with Crippen LogP contribution in [0.15, 0.2) is 24.3 Å². The number of hydrogen-bond donors (Lipinski definition) is 0. The molecule has 2 rings (SSSR count). The molecule has 0 amide bonds. The average molecular weight is 263 g/mol. The van der Waals surface area contributed by atoms with E-state index in [0.717, 1.165) is 23.3 Å². The Bertz CT molecular complexity index is 570. The third kappa shape index (κ3) is 2.79. The van der Waals surface area contributed by atoms with Crippen molar-refractivity contribution in [1.82, 2.24) is 9.97 Å². The van der Waals surface area contributed by atoms with Gasteiger partial charge in [0.1, 0.15) is 16.7 Å². The first-order valence-corrected chi connectivity index (χ1v) is 6.25. The molecule has 0 spiro atoms. The van der Waals surface area contributed by atoms with E-state index in [1.54, 1.807) is 0 Å². The van der Waals surface area contributed by atoms with Crippen LogP contribution in [0.3, 0.4) is 0 Å². The first kappa shape index (κ1) is 12.8. The molecule has 4 heteroatoms. The van der Waals surface area contributed by atoms with E-state index in [9.17, 15) is 0 Å². The van der Waals surface area contributed by atoms with Crippen LogP contribution in [0.4, 0.5) is 0 Å². The zero-order valence-corrected chi connectivity index (χ0v) is 11.5. The van der Waals surface area contributed by atoms with Gasteiger partial charge in [0, 0.05) is 12.0 Å². The monoisotopic (exact) mass is 262 g/mol. The predicted molar refractivity (Wildman–Crippen MR) is 72.4 cm³/mol. The highest BCUT2D eigenvalue weighted by Gasteiger charge is 2.10. The van der Waals surface area contributed by atoms with Crippen molar-refractivity contribution >= 4 is 11.6 Å². The minimum Gasteiger partial charge on any atom is -0.439 e. The van der Waals surface area contributed by atoms with Gasteiger partial charge in [0.25, 0.3) is 0 Å². The van der Waals surface area contributed by atoms with Gasteiger partial charge in [-0.1, -0.05) is 30.7 Å². The Morgan fingerprint density at radius 2 is 2.00 bits per heavy atom. The first-order chi connectivity index (χ1) is 8.60. The Kier molecular flexibility index (Phi) is 3.82. The zero-order valence-electron chi connectivity index (χ0n) is 10.7. The quantitative estimate of drug-likeness (QED) is 0.781. The molecule has 0 fully saturated rings. The number of hydrogen-bond acceptors (Lipinski definition) is 3. The smallest absolute Gasteiger partial charge is 0.226 e. The second-order valence-electron chi connectivity index (χ2n) is 4.13. The lowest BCUT2D eigenvalue weighted by Gasteiger charge is -2.10. The second kappa shape index (κ2) is 5.36. The van der Waals surface area contributed by atoms with Crippen molar-refractivity contribution in [3.8, 4) is 11.6 Å². The van der Waals surface area contributed by atoms with E-state index in [1.807, 2.05) is 45.0 Å². The highest BCUT2D eigenvalue weighted by Crippen LogP contribution is 2.27. The largest absolute Gasteiger partial charge is 0.439 e. The summed E-state index contributed by atoms with van der Waals surface area (Å²) in [5.74, 6) is 1.97. The molecule has 94 valence electrons. The number of aromatic nitrogens is 2. The lowest BCUT2D eigenvalue weighted by molar-refractivity contribution is 0.454. The van der Waals surface area contributed by atoms with Crippen molar-refractivity contribution in [1.29, 1.82) is 0 Å². The van der Waals surface area contributed by atoms with Crippen LogP contribution in [0.5, 0.6) is 11.6 Å². The van der Waals surface area contributed by atoms with Crippen LogP contribution < -0.4 is 4.74 Å². The Hall–Kier alpha value is -1.61. The molecule has 0 aliphatic rings. The fourth-order valence-corrected chi connectivity index (χ4v) is 1.74. The second-order valence-corrected chi connectivity index (χ2v) is 4.49. The number of rotatable bonds is 3. The summed E-state index contributed by atoms with van der Waals surface area (Å²) in [4.78, 5) is 8.54. The normalized spacial score (nSPS) is 10.4. The van der Waals surface area contributed by atoms with E-state index in [-0.39, 0.29) is 0 Å². The molecule has 2 aromatic rings. The third-order valence-electron chi connectivity index (χ3n) is 2.61. The van der Waals surface area contributed by atoms with Gasteiger partial charge in [-0.05, 0) is 31.5 Å². The van der Waals surface area contributed by atoms with E-state index in [2.05, 4.69) is 9.97 Å². The third-order valence-corrected chi connectivity index (χ3v) is 2.98. The maximum Gasteiger partial charge on any atom is 0.226 e. The van der Waals surface area contributed by atoms with Gasteiger partial charge >= 0.3 is 0 Å². The molecule has 18 heavy (non-hydrogen) atoms. The molecule has 0 atom stereocenters. The molecule has 0 saturated heterocycles. The maximum atomic E-state index is 6.06. The minimum absolute atomic E-state index is 0.449. The topological polar surface area (TPSA) is 35.0 Å². The van der Waals surface area contributed by atoms with Crippen molar-refractivity contribution in [3.63, 3.8) is 0 Å². The molecule has 0 radical (unpaired) electrons. The summed E-state index contributed by atoms with van der Waals surface area (Å²) in [6.45, 7) is 5.86. The first-order valence-electron chi connectivity index (χ1n) is 5.87. The van der Waals surface area contributed by atoms with Gasteiger partial charge in [-0.25, -0.2) is 4.98 Å². The van der Waals surface area contributed by atoms with Crippen molar-refractivity contribution in [2.75, 3.05) is 0 Å². The summed E-state index contributed by atoms with van der Waals surface area (Å²) in [5, 5.41) is 0.449. The van der Waals surface area contributed by atoms with Crippen LogP contribution in [0.25, 0.3) is 0 Å². The van der Waals surface area contributed by atoms with Gasteiger partial charge in [0.2, 0.25) is 5.88 Å². The number of halogens is 1. The van der Waals surface area contributed by atoms with Gasteiger partial charge in [-0.15, -0.1) is 0 Å². The van der Waals surface area contributed by atoms with E-state index < -0.39 is 0 Å². The van der Waals surface area contributed by atoms with E-state index >= 15 is 0 Å². The number of aryl methyl sites for hydroxylation is 2. The highest BCUT2D eigenvalue weighted by molar-refractivity contribution is 6.30. The Morgan fingerprint density at radius 3 is 2.67 bits per heavy atom. The Balaban J connectivity index is 2.36. The molecule has 1 aromatic carbocycles. The summed E-state index contributed by atoms with van der Waals surface area (Å²) in [5.41, 5.74) is 1.90. The molecular weight excluding hydrogens is 248 g/mol. The molecule has 0 aliphatic carbocycles. The summed E-state index contributed by atoms with van der Waals surface area (Å²) >= 11 is 6.06. The standard InChI is InChI=1S/C14H15ClN2O/c1-4-12-16-13(15)10(3)14(17-12)18-11-7-5-6-9(2)8-11/h5-8H,4H2,1-3H3. The van der Waals surface area contributed by atoms with E-state index in [0.29, 0.717) is 16.9 Å². The fraction of sp³-hybridized carbons (Fsp3) is 0.286. The Morgan fingerprint density at radius 1 is 1.22 bits per heavy atom. The molecule has 0 bridgehead atoms. The molecule has 1 aromatic heterocycles. The lowest BCUT2D eigenvalue weighted by atomic mass is 10.2. The van der Waals surface area contributed by atoms with Gasteiger partial charge in [0.05, 0.1) is 0 Å². The van der Waals surface area contributed by atoms with Crippen molar-refractivity contribution in [2.24, 2.45) is 0 Å². The number of nitrogens with zero attached hydrogens (tertiary/aromatic N) is 2. The minimum atomic E-state index is 0.449. The Labute approximate surface area is 112 Å². The summed E-state index contributed by atoms with van der Waals surface area (Å²) in [6.07, 6.45) is 0.726. The summed E-state index contributed by atoms with van der Waals surface area (Å²) < 4.78 is 5.78. The van der Waals surface area contributed by atoms with Gasteiger partial charge in [-0.2, -0.15) is 4.98 Å². The SMILES string of the molecule is CCc1nc(Cl)c(C)c(Oc2cccc(C)c2)n1. The van der Waals surface area contributed by atoms with Crippen molar-refractivity contribution in [2.45, 2.75) is 27.2 Å². The maximum absolute atomic E-state index is 6.06. The predicted octanol–water partition coefficient (Wildman–Crippen LogP) is 4.10. The van der Waals surface area contributed by atoms with Crippen molar-refractivity contribution < 1.29 is 4.74 Å². The van der Waals surface area contributed by atoms with Gasteiger partial charge < -0.3 is 4.74 Å². The van der Waals surface area contributed by atoms with Crippen LogP contribution in [0.2, 0.25) is 5.15 Å². The molecule has 1 heterocycles. The van der Waals surface area contributed by atoms with Crippen LogP contribution in [-0.2, 0) is 6.42 Å². The van der Waals surface area contributed by atoms with E-state index in [1.165, 1.54) is 0 Å². The van der Waals surface area contributed by atoms with Crippen molar-refractivity contribution in [3.05, 3.63) is 46.4 Å². The van der Waals surface area contributed by atoms with Crippen LogP contribution in [0.1, 0.15) is 23.9 Å². The number of ether oxygens (including phenoxy) is 1. The van der Waals surface area contributed by atoms with Crippen LogP contribution in [0, 0.1) is 13.8 Å². The molecule has 3 nitrogen and oxygen atoms in total. The van der Waals surface area contributed by atoms with Gasteiger partial charge in [-0.3, -0.25) is 0 Å². The molecule has 0 unspecified atom stereocenters. The van der Waals surface area contributed by atoms with E-state index in [4.69, 9.17) is 16.3 Å². The molecule has 0 saturated carbocycles. The summed E-state index contributed by atoms with van der Waals surface area (Å²) in [6, 6.07) is 7.82. The molecular formula is C14H15ClN2O. The van der Waals surface area contributed by atoms with Gasteiger partial charge in [0.15, 0.2) is 0 Å². The fourth-order valence-electron chi connectivity index (χ4n) is 1.56. The zero-order chi connectivity index (χ0) is 13.1.